The van der Waals surface area contributed by atoms with Crippen LogP contribution in [-0.4, -0.2) is 41.1 Å². The molecule has 0 saturated heterocycles. The summed E-state index contributed by atoms with van der Waals surface area (Å²) in [6.07, 6.45) is -5.06. The van der Waals surface area contributed by atoms with Crippen LogP contribution in [0.5, 0.6) is 0 Å². The summed E-state index contributed by atoms with van der Waals surface area (Å²) in [5.41, 5.74) is -2.49. The number of imide groups is 1. The zero-order valence-corrected chi connectivity index (χ0v) is 11.9. The van der Waals surface area contributed by atoms with Gasteiger partial charge >= 0.3 is 12.1 Å². The van der Waals surface area contributed by atoms with Crippen LogP contribution in [0.25, 0.3) is 0 Å². The first-order valence-corrected chi connectivity index (χ1v) is 6.59. The third-order valence-electron chi connectivity index (χ3n) is 3.22. The molecule has 0 aromatic heterocycles. The molecule has 1 heterocycles. The maximum Gasteiger partial charge on any atom is 0.458 e. The number of carbonyl (C=O) groups is 2. The molecule has 0 atom stereocenters. The number of benzene rings is 1. The van der Waals surface area contributed by atoms with Gasteiger partial charge in [-0.25, -0.2) is 0 Å². The summed E-state index contributed by atoms with van der Waals surface area (Å²) in [5, 5.41) is 10.9. The van der Waals surface area contributed by atoms with E-state index >= 15 is 0 Å². The van der Waals surface area contributed by atoms with Gasteiger partial charge < -0.3 is 10.4 Å². The number of β-amino-alcohol motifs (C(OH)–C–C–N with tert-alkyl or cyclic N) is 1. The number of hydrogen-bond acceptors (Lipinski definition) is 4. The molecule has 10 heteroatoms. The van der Waals surface area contributed by atoms with Crippen molar-refractivity contribution in [2.45, 2.75) is 12.1 Å². The first-order valence-electron chi connectivity index (χ1n) is 6.59. The quantitative estimate of drug-likeness (QED) is 0.630. The van der Waals surface area contributed by atoms with Gasteiger partial charge in [-0.3, -0.25) is 14.5 Å². The highest BCUT2D eigenvalue weighted by molar-refractivity contribution is 6.17. The lowest BCUT2D eigenvalue weighted by molar-refractivity contribution is -0.289. The molecule has 24 heavy (non-hydrogen) atoms. The highest BCUT2D eigenvalue weighted by Gasteiger charge is 2.59. The number of rotatable bonds is 5. The van der Waals surface area contributed by atoms with Crippen molar-refractivity contribution in [3.05, 3.63) is 41.6 Å². The molecular formula is C14H11F5N2O3. The molecule has 0 unspecified atom stereocenters. The van der Waals surface area contributed by atoms with Gasteiger partial charge in [-0.2, -0.15) is 22.0 Å². The summed E-state index contributed by atoms with van der Waals surface area (Å²) in [7, 11) is 0. The van der Waals surface area contributed by atoms with Gasteiger partial charge in [-0.05, 0) is 6.07 Å². The number of halogens is 5. The summed E-state index contributed by atoms with van der Waals surface area (Å²) >= 11 is 0. The van der Waals surface area contributed by atoms with Gasteiger partial charge in [0.15, 0.2) is 0 Å². The van der Waals surface area contributed by atoms with E-state index in [0.29, 0.717) is 11.0 Å². The maximum absolute atomic E-state index is 13.6. The molecule has 5 nitrogen and oxygen atoms in total. The second-order valence-electron chi connectivity index (χ2n) is 4.82. The highest BCUT2D eigenvalue weighted by Crippen LogP contribution is 2.46. The average Bonchev–Trinajstić information content (AvgIpc) is 2.74. The van der Waals surface area contributed by atoms with Crippen LogP contribution in [0.1, 0.15) is 5.56 Å². The van der Waals surface area contributed by atoms with Crippen molar-refractivity contribution in [2.24, 2.45) is 0 Å². The normalized spacial score (nSPS) is 15.8. The lowest BCUT2D eigenvalue weighted by Gasteiger charge is -2.23. The van der Waals surface area contributed by atoms with Crippen LogP contribution in [0.3, 0.4) is 0 Å². The van der Waals surface area contributed by atoms with Crippen LogP contribution in [0.2, 0.25) is 0 Å². The molecule has 0 saturated carbocycles. The molecule has 2 N–H and O–H groups in total. The summed E-state index contributed by atoms with van der Waals surface area (Å²) < 4.78 is 64.9. The molecule has 0 aliphatic carbocycles. The molecule has 1 aliphatic heterocycles. The second-order valence-corrected chi connectivity index (χ2v) is 4.82. The molecule has 2 amide bonds. The molecular weight excluding hydrogens is 339 g/mol. The maximum atomic E-state index is 13.6. The van der Waals surface area contributed by atoms with Crippen molar-refractivity contribution >= 4 is 17.5 Å². The van der Waals surface area contributed by atoms with Crippen molar-refractivity contribution < 1.29 is 36.6 Å². The SMILES string of the molecule is O=C1C=C(Nc2ccccc2C(F)(F)C(F)(F)F)C(=O)N1CCO. The van der Waals surface area contributed by atoms with Gasteiger partial charge in [0.2, 0.25) is 0 Å². The molecule has 0 spiro atoms. The fourth-order valence-corrected chi connectivity index (χ4v) is 2.07. The molecule has 0 bridgehead atoms. The molecule has 1 aromatic rings. The Labute approximate surface area is 132 Å². The minimum Gasteiger partial charge on any atom is -0.395 e. The Kier molecular flexibility index (Phi) is 4.61. The van der Waals surface area contributed by atoms with E-state index in [2.05, 4.69) is 5.32 Å². The Morgan fingerprint density at radius 3 is 2.29 bits per heavy atom. The van der Waals surface area contributed by atoms with Gasteiger partial charge in [-0.1, -0.05) is 18.2 Å². The summed E-state index contributed by atoms with van der Waals surface area (Å²) in [4.78, 5) is 24.1. The smallest absolute Gasteiger partial charge is 0.395 e. The number of amides is 2. The van der Waals surface area contributed by atoms with Crippen molar-refractivity contribution in [3.8, 4) is 0 Å². The van der Waals surface area contributed by atoms with Crippen molar-refractivity contribution in [2.75, 3.05) is 18.5 Å². The zero-order valence-electron chi connectivity index (χ0n) is 11.9. The van der Waals surface area contributed by atoms with Crippen LogP contribution < -0.4 is 5.32 Å². The lowest BCUT2D eigenvalue weighted by atomic mass is 10.1. The number of anilines is 1. The van der Waals surface area contributed by atoms with E-state index in [9.17, 15) is 31.5 Å². The largest absolute Gasteiger partial charge is 0.458 e. The Balaban J connectivity index is 2.35. The van der Waals surface area contributed by atoms with E-state index in [4.69, 9.17) is 5.11 Å². The first-order chi connectivity index (χ1) is 11.1. The van der Waals surface area contributed by atoms with Crippen LogP contribution in [-0.2, 0) is 15.5 Å². The second kappa shape index (κ2) is 6.19. The summed E-state index contributed by atoms with van der Waals surface area (Å²) in [5.74, 6) is -6.89. The molecule has 1 aliphatic rings. The van der Waals surface area contributed by atoms with Gasteiger partial charge in [0.1, 0.15) is 5.70 Å². The first kappa shape index (κ1) is 17.9. The number of hydrogen-bond donors (Lipinski definition) is 2. The van der Waals surface area contributed by atoms with Gasteiger partial charge in [0.25, 0.3) is 11.8 Å². The summed E-state index contributed by atoms with van der Waals surface area (Å²) in [6, 6.07) is 3.70. The number of carbonyl (C=O) groups excluding carboxylic acids is 2. The minimum atomic E-state index is -5.82. The van der Waals surface area contributed by atoms with E-state index < -0.39 is 47.5 Å². The number of nitrogens with one attached hydrogen (secondary N) is 1. The predicted molar refractivity (Wildman–Crippen MR) is 71.9 cm³/mol. The van der Waals surface area contributed by atoms with E-state index in [1.165, 1.54) is 6.07 Å². The Morgan fingerprint density at radius 2 is 1.71 bits per heavy atom. The lowest BCUT2D eigenvalue weighted by Crippen LogP contribution is -2.35. The monoisotopic (exact) mass is 350 g/mol. The molecule has 1 aromatic carbocycles. The fourth-order valence-electron chi connectivity index (χ4n) is 2.07. The predicted octanol–water partition coefficient (Wildman–Crippen LogP) is 2.00. The number of alkyl halides is 5. The topological polar surface area (TPSA) is 69.6 Å². The summed E-state index contributed by atoms with van der Waals surface area (Å²) in [6.45, 7) is -0.832. The Bertz CT molecular complexity index is 700. The molecule has 0 radical (unpaired) electrons. The van der Waals surface area contributed by atoms with Gasteiger partial charge in [0, 0.05) is 11.8 Å². The number of nitrogens with zero attached hydrogens (tertiary/aromatic N) is 1. The van der Waals surface area contributed by atoms with Crippen LogP contribution in [0.4, 0.5) is 27.6 Å². The molecule has 0 fully saturated rings. The van der Waals surface area contributed by atoms with Crippen molar-refractivity contribution in [3.63, 3.8) is 0 Å². The van der Waals surface area contributed by atoms with Crippen LogP contribution in [0.15, 0.2) is 36.0 Å². The number of aliphatic hydroxyl groups excluding tert-OH is 1. The zero-order chi connectivity index (χ0) is 18.1. The Morgan fingerprint density at radius 1 is 1.08 bits per heavy atom. The van der Waals surface area contributed by atoms with Crippen LogP contribution >= 0.6 is 0 Å². The van der Waals surface area contributed by atoms with Crippen LogP contribution in [0, 0.1) is 0 Å². The molecule has 130 valence electrons. The number of aliphatic hydroxyl groups is 1. The Hall–Kier alpha value is -2.49. The third kappa shape index (κ3) is 3.09. The molecule has 2 rings (SSSR count). The average molecular weight is 350 g/mol. The highest BCUT2D eigenvalue weighted by atomic mass is 19.4. The fraction of sp³-hybridized carbons (Fsp3) is 0.286. The van der Waals surface area contributed by atoms with Crippen molar-refractivity contribution in [1.82, 2.24) is 4.90 Å². The van der Waals surface area contributed by atoms with E-state index in [0.717, 1.165) is 18.2 Å². The standard InChI is InChI=1S/C14H11F5N2O3/c15-13(16,14(17,18)19)8-3-1-2-4-9(8)20-10-7-11(23)21(5-6-22)12(10)24/h1-4,7,20,22H,5-6H2. The van der Waals surface area contributed by atoms with E-state index in [1.54, 1.807) is 0 Å². The van der Waals surface area contributed by atoms with E-state index in [-0.39, 0.29) is 6.54 Å². The van der Waals surface area contributed by atoms with E-state index in [1.807, 2.05) is 0 Å². The van der Waals surface area contributed by atoms with Crippen molar-refractivity contribution in [1.29, 1.82) is 0 Å². The number of para-hydroxylation sites is 1. The van der Waals surface area contributed by atoms with Gasteiger partial charge in [-0.15, -0.1) is 0 Å². The third-order valence-corrected chi connectivity index (χ3v) is 3.22. The van der Waals surface area contributed by atoms with Gasteiger partial charge in [0.05, 0.1) is 18.7 Å². The minimum absolute atomic E-state index is 0.320.